The van der Waals surface area contributed by atoms with Crippen molar-refractivity contribution in [3.05, 3.63) is 11.4 Å². The van der Waals surface area contributed by atoms with Gasteiger partial charge in [-0.1, -0.05) is 0 Å². The van der Waals surface area contributed by atoms with Gasteiger partial charge in [0, 0.05) is 0 Å². The van der Waals surface area contributed by atoms with E-state index in [0.29, 0.717) is 5.69 Å². The Morgan fingerprint density at radius 1 is 1.44 bits per heavy atom. The van der Waals surface area contributed by atoms with Gasteiger partial charge in [-0.25, -0.2) is 8.42 Å². The SMILES string of the molecule is Cc1n[nH]c(C)c1S(=O)(=O)N[C@H](C(=O)O)[C@@H](C)O. The highest BCUT2D eigenvalue weighted by atomic mass is 32.2. The Kier molecular flexibility index (Phi) is 4.09. The zero-order valence-corrected chi connectivity index (χ0v) is 10.9. The molecule has 8 nitrogen and oxygen atoms in total. The number of aryl methyl sites for hydroxylation is 2. The Hall–Kier alpha value is -1.45. The number of aliphatic hydroxyl groups is 1. The number of H-pyrrole nitrogens is 1. The Morgan fingerprint density at radius 3 is 2.33 bits per heavy atom. The minimum absolute atomic E-state index is 0.102. The Balaban J connectivity index is 3.13. The molecule has 0 spiro atoms. The quantitative estimate of drug-likeness (QED) is 0.553. The van der Waals surface area contributed by atoms with Gasteiger partial charge in [0.1, 0.15) is 10.9 Å². The van der Waals surface area contributed by atoms with Gasteiger partial charge < -0.3 is 10.2 Å². The summed E-state index contributed by atoms with van der Waals surface area (Å²) in [6, 6.07) is -1.61. The van der Waals surface area contributed by atoms with Crippen LogP contribution < -0.4 is 4.72 Å². The van der Waals surface area contributed by atoms with E-state index in [1.165, 1.54) is 20.8 Å². The third-order valence-corrected chi connectivity index (χ3v) is 4.06. The van der Waals surface area contributed by atoms with Gasteiger partial charge in [-0.05, 0) is 20.8 Å². The molecule has 0 aliphatic heterocycles. The normalized spacial score (nSPS) is 15.3. The van der Waals surface area contributed by atoms with Crippen LogP contribution in [0.15, 0.2) is 4.90 Å². The Morgan fingerprint density at radius 2 is 2.00 bits per heavy atom. The third-order valence-electron chi connectivity index (χ3n) is 2.36. The van der Waals surface area contributed by atoms with Gasteiger partial charge in [-0.15, -0.1) is 0 Å². The summed E-state index contributed by atoms with van der Waals surface area (Å²) in [7, 11) is -4.05. The zero-order chi connectivity index (χ0) is 14.1. The van der Waals surface area contributed by atoms with Crippen molar-refractivity contribution in [2.45, 2.75) is 37.8 Å². The molecule has 1 rings (SSSR count). The molecule has 9 heteroatoms. The number of hydrogen-bond donors (Lipinski definition) is 4. The van der Waals surface area contributed by atoms with Crippen LogP contribution >= 0.6 is 0 Å². The van der Waals surface area contributed by atoms with E-state index in [0.717, 1.165) is 0 Å². The maximum atomic E-state index is 12.0. The summed E-state index contributed by atoms with van der Waals surface area (Å²) in [5.74, 6) is -1.45. The van der Waals surface area contributed by atoms with E-state index in [-0.39, 0.29) is 10.6 Å². The molecule has 0 amide bonds. The third kappa shape index (κ3) is 2.86. The van der Waals surface area contributed by atoms with Crippen molar-refractivity contribution < 1.29 is 23.4 Å². The fourth-order valence-corrected chi connectivity index (χ4v) is 3.15. The van der Waals surface area contributed by atoms with Crippen molar-refractivity contribution in [3.8, 4) is 0 Å². The lowest BCUT2D eigenvalue weighted by molar-refractivity contribution is -0.141. The lowest BCUT2D eigenvalue weighted by Crippen LogP contribution is -2.47. The number of nitrogens with zero attached hydrogens (tertiary/aromatic N) is 1. The minimum Gasteiger partial charge on any atom is -0.480 e. The van der Waals surface area contributed by atoms with E-state index in [1.54, 1.807) is 0 Å². The van der Waals surface area contributed by atoms with E-state index in [2.05, 4.69) is 10.2 Å². The molecule has 0 aliphatic carbocycles. The average molecular weight is 277 g/mol. The summed E-state index contributed by atoms with van der Waals surface area (Å²) >= 11 is 0. The lowest BCUT2D eigenvalue weighted by Gasteiger charge is -2.17. The summed E-state index contributed by atoms with van der Waals surface area (Å²) < 4.78 is 26.0. The van der Waals surface area contributed by atoms with E-state index in [1.807, 2.05) is 4.72 Å². The smallest absolute Gasteiger partial charge is 0.324 e. The number of hydrogen-bond acceptors (Lipinski definition) is 5. The summed E-state index contributed by atoms with van der Waals surface area (Å²) in [5, 5.41) is 24.3. The number of aliphatic carboxylic acids is 1. The Bertz CT molecular complexity index is 529. The van der Waals surface area contributed by atoms with Gasteiger partial charge in [0.25, 0.3) is 0 Å². The second-order valence-corrected chi connectivity index (χ2v) is 5.59. The summed E-state index contributed by atoms with van der Waals surface area (Å²) in [4.78, 5) is 10.7. The van der Waals surface area contributed by atoms with Gasteiger partial charge in [-0.3, -0.25) is 9.89 Å². The highest BCUT2D eigenvalue weighted by molar-refractivity contribution is 7.89. The number of sulfonamides is 1. The van der Waals surface area contributed by atoms with Crippen LogP contribution in [0.2, 0.25) is 0 Å². The first kappa shape index (κ1) is 14.6. The molecule has 0 fully saturated rings. The van der Waals surface area contributed by atoms with Crippen molar-refractivity contribution in [2.24, 2.45) is 0 Å². The first-order valence-corrected chi connectivity index (χ1v) is 6.60. The van der Waals surface area contributed by atoms with Gasteiger partial charge in [0.05, 0.1) is 17.5 Å². The van der Waals surface area contributed by atoms with Crippen molar-refractivity contribution >= 4 is 16.0 Å². The highest BCUT2D eigenvalue weighted by Crippen LogP contribution is 2.17. The number of carboxylic acids is 1. The van der Waals surface area contributed by atoms with Crippen LogP contribution in [0.1, 0.15) is 18.3 Å². The van der Waals surface area contributed by atoms with Crippen molar-refractivity contribution in [2.75, 3.05) is 0 Å². The van der Waals surface area contributed by atoms with E-state index in [4.69, 9.17) is 5.11 Å². The second kappa shape index (κ2) is 5.04. The lowest BCUT2D eigenvalue weighted by atomic mass is 10.2. The van der Waals surface area contributed by atoms with E-state index in [9.17, 15) is 18.3 Å². The van der Waals surface area contributed by atoms with E-state index < -0.39 is 28.1 Å². The molecule has 0 radical (unpaired) electrons. The van der Waals surface area contributed by atoms with Crippen LogP contribution in [-0.2, 0) is 14.8 Å². The maximum Gasteiger partial charge on any atom is 0.324 e. The maximum absolute atomic E-state index is 12.0. The molecule has 0 saturated heterocycles. The van der Waals surface area contributed by atoms with Crippen LogP contribution in [0.5, 0.6) is 0 Å². The van der Waals surface area contributed by atoms with Crippen LogP contribution in [0.25, 0.3) is 0 Å². The monoisotopic (exact) mass is 277 g/mol. The number of carbonyl (C=O) groups is 1. The highest BCUT2D eigenvalue weighted by Gasteiger charge is 2.31. The molecular formula is C9H15N3O5S. The molecule has 0 bridgehead atoms. The van der Waals surface area contributed by atoms with Crippen LogP contribution in [0, 0.1) is 13.8 Å². The van der Waals surface area contributed by atoms with Crippen molar-refractivity contribution in [1.82, 2.24) is 14.9 Å². The van der Waals surface area contributed by atoms with Crippen LogP contribution in [0.4, 0.5) is 0 Å². The topological polar surface area (TPSA) is 132 Å². The first-order valence-electron chi connectivity index (χ1n) is 5.11. The predicted octanol–water partition coefficient (Wildman–Crippen LogP) is -0.861. The number of aromatic nitrogens is 2. The number of nitrogens with one attached hydrogen (secondary N) is 2. The molecule has 1 heterocycles. The fourth-order valence-electron chi connectivity index (χ4n) is 1.52. The molecule has 18 heavy (non-hydrogen) atoms. The largest absolute Gasteiger partial charge is 0.480 e. The molecule has 1 aromatic heterocycles. The average Bonchev–Trinajstić information content (AvgIpc) is 2.54. The molecule has 0 aromatic carbocycles. The number of aliphatic hydroxyl groups excluding tert-OH is 1. The summed E-state index contributed by atoms with van der Waals surface area (Å²) in [5.41, 5.74) is 0.532. The van der Waals surface area contributed by atoms with Crippen LogP contribution in [-0.4, -0.2) is 46.9 Å². The number of aromatic amines is 1. The van der Waals surface area contributed by atoms with Gasteiger partial charge in [0.15, 0.2) is 0 Å². The molecule has 4 N–H and O–H groups in total. The number of rotatable bonds is 5. The molecule has 1 aromatic rings. The van der Waals surface area contributed by atoms with Crippen LogP contribution in [0.3, 0.4) is 0 Å². The first-order chi connectivity index (χ1) is 8.16. The van der Waals surface area contributed by atoms with E-state index >= 15 is 0 Å². The minimum atomic E-state index is -4.05. The predicted molar refractivity (Wildman–Crippen MR) is 61.5 cm³/mol. The molecule has 2 atom stereocenters. The van der Waals surface area contributed by atoms with Gasteiger partial charge in [0.2, 0.25) is 10.0 Å². The van der Waals surface area contributed by atoms with Crippen molar-refractivity contribution in [1.29, 1.82) is 0 Å². The molecule has 0 aliphatic rings. The Labute approximate surface area is 104 Å². The molecule has 0 saturated carbocycles. The summed E-state index contributed by atoms with van der Waals surface area (Å²) in [6.07, 6.45) is -1.36. The fraction of sp³-hybridized carbons (Fsp3) is 0.556. The molecule has 102 valence electrons. The standard InChI is InChI=1S/C9H15N3O5S/c1-4-8(5(2)11-10-4)18(16,17)12-7(6(3)13)9(14)15/h6-7,12-13H,1-3H3,(H,10,11)(H,14,15)/t6-,7+/m1/s1. The van der Waals surface area contributed by atoms with Crippen molar-refractivity contribution in [3.63, 3.8) is 0 Å². The summed E-state index contributed by atoms with van der Waals surface area (Å²) in [6.45, 7) is 4.18. The van der Waals surface area contributed by atoms with Gasteiger partial charge >= 0.3 is 5.97 Å². The molecule has 0 unspecified atom stereocenters. The van der Waals surface area contributed by atoms with Gasteiger partial charge in [-0.2, -0.15) is 9.82 Å². The number of carboxylic acid groups (broad SMARTS) is 1. The zero-order valence-electron chi connectivity index (χ0n) is 10.1. The second-order valence-electron chi connectivity index (χ2n) is 3.94. The molecular weight excluding hydrogens is 262 g/mol.